The Kier molecular flexibility index (Phi) is 11.3. The maximum absolute atomic E-state index is 12.4. The number of para-hydroxylation sites is 1. The number of unbranched alkanes of at least 4 members (excludes halogenated alkanes) is 1. The minimum Gasteiger partial charge on any atom is -0.321 e. The summed E-state index contributed by atoms with van der Waals surface area (Å²) in [5.74, 6) is -0.301. The Balaban J connectivity index is 0.000000199. The molecule has 5 aromatic rings. The fourth-order valence-corrected chi connectivity index (χ4v) is 4.98. The van der Waals surface area contributed by atoms with E-state index in [1.54, 1.807) is 29.3 Å². The maximum atomic E-state index is 12.4. The molecule has 1 unspecified atom stereocenters. The predicted molar refractivity (Wildman–Crippen MR) is 172 cm³/mol. The Morgan fingerprint density at radius 3 is 2.28 bits per heavy atom. The fourth-order valence-electron chi connectivity index (χ4n) is 4.53. The van der Waals surface area contributed by atoms with Gasteiger partial charge >= 0.3 is 0 Å². The van der Waals surface area contributed by atoms with Crippen LogP contribution in [0, 0.1) is 11.3 Å². The molecule has 2 aromatic heterocycles. The van der Waals surface area contributed by atoms with Gasteiger partial charge in [-0.2, -0.15) is 10.4 Å². The van der Waals surface area contributed by atoms with Crippen molar-refractivity contribution in [3.63, 3.8) is 0 Å². The lowest BCUT2D eigenvalue weighted by atomic mass is 9.77. The molecule has 0 radical (unpaired) electrons. The van der Waals surface area contributed by atoms with Gasteiger partial charge in [0.1, 0.15) is 23.2 Å². The van der Waals surface area contributed by atoms with Crippen LogP contribution in [-0.4, -0.2) is 25.7 Å². The first-order valence-electron chi connectivity index (χ1n) is 13.6. The highest BCUT2D eigenvalue weighted by Crippen LogP contribution is 2.32. The van der Waals surface area contributed by atoms with E-state index in [-0.39, 0.29) is 11.1 Å². The first-order chi connectivity index (χ1) is 20.8. The van der Waals surface area contributed by atoms with Crippen LogP contribution >= 0.6 is 34.8 Å². The van der Waals surface area contributed by atoms with Gasteiger partial charge < -0.3 is 5.32 Å². The largest absolute Gasteiger partial charge is 0.321 e. The van der Waals surface area contributed by atoms with Gasteiger partial charge in [-0.25, -0.2) is 9.97 Å². The van der Waals surface area contributed by atoms with E-state index in [9.17, 15) is 10.1 Å². The van der Waals surface area contributed by atoms with Crippen molar-refractivity contribution in [3.05, 3.63) is 130 Å². The number of carbonyl (C=O) groups excluding carboxylic acids is 1. The minimum atomic E-state index is -0.589. The number of amides is 1. The number of benzene rings is 3. The molecule has 1 N–H and O–H groups in total. The summed E-state index contributed by atoms with van der Waals surface area (Å²) in [6.07, 6.45) is 7.51. The van der Waals surface area contributed by atoms with Crippen molar-refractivity contribution in [2.75, 3.05) is 5.32 Å². The average Bonchev–Trinajstić information content (AvgIpc) is 3.54. The van der Waals surface area contributed by atoms with E-state index >= 15 is 0 Å². The second kappa shape index (κ2) is 15.3. The molecule has 0 aliphatic rings. The predicted octanol–water partition coefficient (Wildman–Crippen LogP) is 8.89. The molecule has 0 saturated heterocycles. The molecule has 0 saturated carbocycles. The molecule has 10 heteroatoms. The summed E-state index contributed by atoms with van der Waals surface area (Å²) in [5, 5.41) is 18.3. The summed E-state index contributed by atoms with van der Waals surface area (Å²) in [4.78, 5) is 20.3. The standard InChI is InChI=1S/C18H12Cl2N2O.C15H17ClN4/c19-13-9-7-12(8-10-13)14-4-1-2-6-16(14)22-18(23)15-5-3-11-21-17(15)20;1-2-3-8-15(9-17,10-20-12-18-11-19-20)13-4-6-14(16)7-5-13/h1-11H,(H,22,23);4-7,11-12H,2-3,8,10H2,1H3. The van der Waals surface area contributed by atoms with Gasteiger partial charge in [0.25, 0.3) is 5.91 Å². The van der Waals surface area contributed by atoms with Crippen LogP contribution in [0.1, 0.15) is 42.1 Å². The van der Waals surface area contributed by atoms with Crippen molar-refractivity contribution < 1.29 is 4.79 Å². The van der Waals surface area contributed by atoms with Crippen LogP contribution in [0.2, 0.25) is 15.2 Å². The number of carbonyl (C=O) groups is 1. The number of anilines is 1. The van der Waals surface area contributed by atoms with E-state index in [1.807, 2.05) is 72.8 Å². The molecule has 5 rings (SSSR count). The van der Waals surface area contributed by atoms with Crippen LogP contribution in [0.25, 0.3) is 11.1 Å². The molecule has 218 valence electrons. The Bertz CT molecular complexity index is 1670. The Morgan fingerprint density at radius 1 is 0.953 bits per heavy atom. The maximum Gasteiger partial charge on any atom is 0.258 e. The summed E-state index contributed by atoms with van der Waals surface area (Å²) in [6, 6.07) is 28.3. The van der Waals surface area contributed by atoms with Crippen molar-refractivity contribution in [1.29, 1.82) is 5.26 Å². The monoisotopic (exact) mass is 630 g/mol. The highest BCUT2D eigenvalue weighted by Gasteiger charge is 2.32. The van der Waals surface area contributed by atoms with Crippen LogP contribution in [0.15, 0.2) is 104 Å². The van der Waals surface area contributed by atoms with Crippen molar-refractivity contribution in [3.8, 4) is 17.2 Å². The summed E-state index contributed by atoms with van der Waals surface area (Å²) in [5.41, 5.74) is 3.28. The van der Waals surface area contributed by atoms with Gasteiger partial charge in [-0.3, -0.25) is 9.48 Å². The van der Waals surface area contributed by atoms with Gasteiger partial charge in [-0.05, 0) is 60.0 Å². The van der Waals surface area contributed by atoms with Crippen LogP contribution in [-0.2, 0) is 12.0 Å². The van der Waals surface area contributed by atoms with Crippen LogP contribution in [0.4, 0.5) is 5.69 Å². The molecule has 0 fully saturated rings. The molecule has 0 aliphatic carbocycles. The number of halogens is 3. The third-order valence-electron chi connectivity index (χ3n) is 6.80. The molecule has 1 amide bonds. The summed E-state index contributed by atoms with van der Waals surface area (Å²) >= 11 is 17.8. The van der Waals surface area contributed by atoms with Crippen molar-refractivity contribution in [1.82, 2.24) is 19.7 Å². The SMILES string of the molecule is CCCCC(C#N)(Cn1cncn1)c1ccc(Cl)cc1.O=C(Nc1ccccc1-c1ccc(Cl)cc1)c1cccnc1Cl. The number of pyridine rings is 1. The highest BCUT2D eigenvalue weighted by molar-refractivity contribution is 6.33. The van der Waals surface area contributed by atoms with Crippen LogP contribution < -0.4 is 5.32 Å². The number of nitriles is 1. The van der Waals surface area contributed by atoms with E-state index in [4.69, 9.17) is 34.8 Å². The topological polar surface area (TPSA) is 96.5 Å². The smallest absolute Gasteiger partial charge is 0.258 e. The van der Waals surface area contributed by atoms with Gasteiger partial charge in [0.05, 0.1) is 18.2 Å². The number of hydrogen-bond donors (Lipinski definition) is 1. The summed E-state index contributed by atoms with van der Waals surface area (Å²) < 4.78 is 1.72. The zero-order valence-electron chi connectivity index (χ0n) is 23.4. The Morgan fingerprint density at radius 2 is 1.65 bits per heavy atom. The number of nitrogens with one attached hydrogen (secondary N) is 1. The lowest BCUT2D eigenvalue weighted by molar-refractivity contribution is 0.102. The zero-order chi connectivity index (χ0) is 30.7. The van der Waals surface area contributed by atoms with Gasteiger partial charge in [-0.15, -0.1) is 0 Å². The van der Waals surface area contributed by atoms with E-state index in [2.05, 4.69) is 33.4 Å². The van der Waals surface area contributed by atoms with Crippen LogP contribution in [0.3, 0.4) is 0 Å². The van der Waals surface area contributed by atoms with Gasteiger partial charge in [0.2, 0.25) is 0 Å². The molecular weight excluding hydrogens is 603 g/mol. The molecule has 0 aliphatic heterocycles. The number of hydrogen-bond acceptors (Lipinski definition) is 5. The third-order valence-corrected chi connectivity index (χ3v) is 7.61. The first kappa shape index (κ1) is 31.7. The van der Waals surface area contributed by atoms with E-state index in [0.717, 1.165) is 36.0 Å². The zero-order valence-corrected chi connectivity index (χ0v) is 25.7. The van der Waals surface area contributed by atoms with Gasteiger partial charge in [0, 0.05) is 27.5 Å². The van der Waals surface area contributed by atoms with Crippen molar-refractivity contribution >= 4 is 46.4 Å². The van der Waals surface area contributed by atoms with Crippen molar-refractivity contribution in [2.24, 2.45) is 0 Å². The average molecular weight is 632 g/mol. The number of aromatic nitrogens is 4. The summed E-state index contributed by atoms with van der Waals surface area (Å²) in [6.45, 7) is 2.63. The third kappa shape index (κ3) is 8.42. The van der Waals surface area contributed by atoms with E-state index in [1.165, 1.54) is 6.33 Å². The lowest BCUT2D eigenvalue weighted by Gasteiger charge is -2.27. The fraction of sp³-hybridized carbons (Fsp3) is 0.182. The van der Waals surface area contributed by atoms with Gasteiger partial charge in [0.15, 0.2) is 0 Å². The normalized spacial score (nSPS) is 11.9. The van der Waals surface area contributed by atoms with E-state index < -0.39 is 5.41 Å². The molecule has 0 bridgehead atoms. The number of rotatable bonds is 9. The van der Waals surface area contributed by atoms with E-state index in [0.29, 0.717) is 27.8 Å². The molecule has 3 aromatic carbocycles. The van der Waals surface area contributed by atoms with Gasteiger partial charge in [-0.1, -0.05) is 97.0 Å². The van der Waals surface area contributed by atoms with Crippen molar-refractivity contribution in [2.45, 2.75) is 38.1 Å². The van der Waals surface area contributed by atoms with Crippen LogP contribution in [0.5, 0.6) is 0 Å². The summed E-state index contributed by atoms with van der Waals surface area (Å²) in [7, 11) is 0. The number of nitrogens with zero attached hydrogens (tertiary/aromatic N) is 5. The molecule has 43 heavy (non-hydrogen) atoms. The molecule has 1 atom stereocenters. The Labute approximate surface area is 266 Å². The lowest BCUT2D eigenvalue weighted by Crippen LogP contribution is -2.30. The first-order valence-corrected chi connectivity index (χ1v) is 14.7. The molecular formula is C33H29Cl3N6O. The second-order valence-electron chi connectivity index (χ2n) is 9.75. The Hall–Kier alpha value is -4.22. The highest BCUT2D eigenvalue weighted by atomic mass is 35.5. The molecule has 2 heterocycles. The minimum absolute atomic E-state index is 0.175. The second-order valence-corrected chi connectivity index (χ2v) is 11.0. The molecule has 7 nitrogen and oxygen atoms in total. The quantitative estimate of drug-likeness (QED) is 0.164. The molecule has 0 spiro atoms.